The van der Waals surface area contributed by atoms with E-state index in [1.54, 1.807) is 0 Å². The van der Waals surface area contributed by atoms with Crippen LogP contribution in [0.5, 0.6) is 0 Å². The number of carbonyl (C=O) groups excluding carboxylic acids is 1. The number of nitrogens with zero attached hydrogens (tertiary/aromatic N) is 1. The molecule has 2 aliphatic heterocycles. The van der Waals surface area contributed by atoms with Gasteiger partial charge < -0.3 is 19.8 Å². The predicted molar refractivity (Wildman–Crippen MR) is 129 cm³/mol. The third-order valence-electron chi connectivity index (χ3n) is 7.57. The van der Waals surface area contributed by atoms with E-state index in [2.05, 4.69) is 29.2 Å². The summed E-state index contributed by atoms with van der Waals surface area (Å²) in [5.74, 6) is 1.44. The monoisotopic (exact) mass is 440 g/mol. The first-order chi connectivity index (χ1) is 15.7. The molecular weight excluding hydrogens is 400 g/mol. The second-order valence-corrected chi connectivity index (χ2v) is 9.90. The molecule has 32 heavy (non-hydrogen) atoms. The Labute approximate surface area is 192 Å². The fraction of sp³-hybridized carbons (Fsp3) is 0.667. The summed E-state index contributed by atoms with van der Waals surface area (Å²) in [5, 5.41) is 1.33. The molecular formula is C27H40N2O3. The Morgan fingerprint density at radius 1 is 1.00 bits per heavy atom. The lowest BCUT2D eigenvalue weighted by molar-refractivity contribution is -0.120. The lowest BCUT2D eigenvalue weighted by Crippen LogP contribution is -2.34. The molecule has 1 atom stereocenters. The number of likely N-dealkylation sites (tertiary alicyclic amines) is 1. The van der Waals surface area contributed by atoms with Gasteiger partial charge in [-0.15, -0.1) is 0 Å². The fourth-order valence-electron chi connectivity index (χ4n) is 5.65. The lowest BCUT2D eigenvalue weighted by atomic mass is 9.86. The number of primary amides is 1. The van der Waals surface area contributed by atoms with Crippen LogP contribution in [0, 0.1) is 5.92 Å². The summed E-state index contributed by atoms with van der Waals surface area (Å²) in [6.07, 6.45) is 16.0. The summed E-state index contributed by atoms with van der Waals surface area (Å²) in [4.78, 5) is 13.0. The first-order valence-electron chi connectivity index (χ1n) is 12.8. The highest BCUT2D eigenvalue weighted by Gasteiger charge is 2.24. The zero-order valence-corrected chi connectivity index (χ0v) is 19.5. The first-order valence-corrected chi connectivity index (χ1v) is 12.8. The van der Waals surface area contributed by atoms with Crippen LogP contribution in [0.3, 0.4) is 0 Å². The van der Waals surface area contributed by atoms with Gasteiger partial charge >= 0.3 is 0 Å². The van der Waals surface area contributed by atoms with Crippen molar-refractivity contribution in [3.63, 3.8) is 0 Å². The third-order valence-corrected chi connectivity index (χ3v) is 7.57. The molecule has 1 aliphatic carbocycles. The molecule has 0 radical (unpaired) electrons. The van der Waals surface area contributed by atoms with E-state index in [-0.39, 0.29) is 12.0 Å². The summed E-state index contributed by atoms with van der Waals surface area (Å²) in [5.41, 5.74) is 7.43. The topological polar surface area (TPSA) is 68.7 Å². The van der Waals surface area contributed by atoms with Crippen LogP contribution in [0.4, 0.5) is 0 Å². The third kappa shape index (κ3) is 6.58. The summed E-state index contributed by atoms with van der Waals surface area (Å²) in [7, 11) is 0. The molecule has 3 heterocycles. The van der Waals surface area contributed by atoms with Gasteiger partial charge in [0.25, 0.3) is 0 Å². The van der Waals surface area contributed by atoms with Gasteiger partial charge in [-0.1, -0.05) is 50.3 Å². The minimum absolute atomic E-state index is 0.113. The van der Waals surface area contributed by atoms with E-state index in [1.165, 1.54) is 82.0 Å². The molecule has 2 saturated heterocycles. The molecule has 3 fully saturated rings. The van der Waals surface area contributed by atoms with Gasteiger partial charge in [-0.05, 0) is 69.6 Å². The summed E-state index contributed by atoms with van der Waals surface area (Å²) in [6.45, 7) is 4.63. The number of ether oxygens (including phenoxy) is 1. The molecule has 1 aromatic carbocycles. The van der Waals surface area contributed by atoms with Crippen molar-refractivity contribution in [1.29, 1.82) is 0 Å². The molecule has 5 heteroatoms. The quantitative estimate of drug-likeness (QED) is 0.633. The zero-order chi connectivity index (χ0) is 22.2. The van der Waals surface area contributed by atoms with Crippen molar-refractivity contribution in [3.05, 3.63) is 36.1 Å². The fourth-order valence-corrected chi connectivity index (χ4v) is 5.65. The van der Waals surface area contributed by atoms with Crippen LogP contribution in [0.2, 0.25) is 0 Å². The Bertz CT molecular complexity index is 828. The number of fused-ring (bicyclic) bond motifs is 1. The number of rotatable bonds is 6. The Morgan fingerprint density at radius 3 is 2.50 bits per heavy atom. The summed E-state index contributed by atoms with van der Waals surface area (Å²) in [6, 6.07) is 8.48. The molecule has 2 aromatic rings. The van der Waals surface area contributed by atoms with Crippen LogP contribution in [-0.2, 0) is 9.53 Å². The lowest BCUT2D eigenvalue weighted by Gasteiger charge is -2.33. The second kappa shape index (κ2) is 11.9. The molecule has 3 aliphatic rings. The van der Waals surface area contributed by atoms with E-state index in [0.29, 0.717) is 12.3 Å². The van der Waals surface area contributed by atoms with Crippen LogP contribution in [-0.4, -0.2) is 43.2 Å². The average molecular weight is 441 g/mol. The SMILES string of the molecule is NC(=O)CC1CCCO1.c1ccc2c(C3CCN(CCC4CCCCC4)CC3)coc2c1. The number of furan rings is 1. The number of carbonyl (C=O) groups is 1. The van der Waals surface area contributed by atoms with Crippen molar-refractivity contribution < 1.29 is 13.9 Å². The summed E-state index contributed by atoms with van der Waals surface area (Å²) >= 11 is 0. The van der Waals surface area contributed by atoms with Gasteiger partial charge in [-0.3, -0.25) is 4.79 Å². The summed E-state index contributed by atoms with van der Waals surface area (Å²) < 4.78 is 10.9. The number of nitrogens with two attached hydrogens (primary N) is 1. The second-order valence-electron chi connectivity index (χ2n) is 9.90. The molecule has 1 unspecified atom stereocenters. The molecule has 1 aromatic heterocycles. The molecule has 2 N–H and O–H groups in total. The average Bonchev–Trinajstić information content (AvgIpc) is 3.49. The largest absolute Gasteiger partial charge is 0.464 e. The van der Waals surface area contributed by atoms with Crippen LogP contribution < -0.4 is 5.73 Å². The maximum absolute atomic E-state index is 10.3. The van der Waals surface area contributed by atoms with Gasteiger partial charge in [-0.2, -0.15) is 0 Å². The highest BCUT2D eigenvalue weighted by Crippen LogP contribution is 2.35. The number of hydrogen-bond donors (Lipinski definition) is 1. The van der Waals surface area contributed by atoms with Crippen molar-refractivity contribution in [2.24, 2.45) is 11.7 Å². The van der Waals surface area contributed by atoms with E-state index in [1.807, 2.05) is 6.26 Å². The minimum atomic E-state index is -0.262. The van der Waals surface area contributed by atoms with Crippen molar-refractivity contribution in [2.75, 3.05) is 26.2 Å². The van der Waals surface area contributed by atoms with E-state index >= 15 is 0 Å². The van der Waals surface area contributed by atoms with E-state index in [9.17, 15) is 4.79 Å². The molecule has 5 nitrogen and oxygen atoms in total. The standard InChI is InChI=1S/C21H29NO.C6H11NO2/c1-2-6-17(7-3-1)10-13-22-14-11-18(12-15-22)20-16-23-21-9-5-4-8-19(20)21;7-6(8)4-5-2-1-3-9-5/h4-5,8-9,16-18H,1-3,6-7,10-15H2;5H,1-4H2,(H2,7,8). The number of benzene rings is 1. The van der Waals surface area contributed by atoms with Gasteiger partial charge in [0, 0.05) is 17.6 Å². The predicted octanol–water partition coefficient (Wildman–Crippen LogP) is 5.62. The highest BCUT2D eigenvalue weighted by molar-refractivity contribution is 5.81. The van der Waals surface area contributed by atoms with Crippen LogP contribution >= 0.6 is 0 Å². The Kier molecular flexibility index (Phi) is 8.63. The van der Waals surface area contributed by atoms with Gasteiger partial charge in [0.15, 0.2) is 0 Å². The van der Waals surface area contributed by atoms with Gasteiger partial charge in [0.05, 0.1) is 18.8 Å². The number of hydrogen-bond acceptors (Lipinski definition) is 4. The number of para-hydroxylation sites is 1. The van der Waals surface area contributed by atoms with Gasteiger partial charge in [0.2, 0.25) is 5.91 Å². The number of piperidine rings is 1. The molecule has 0 spiro atoms. The van der Waals surface area contributed by atoms with Crippen molar-refractivity contribution in [1.82, 2.24) is 4.90 Å². The van der Waals surface area contributed by atoms with Gasteiger partial charge in [-0.25, -0.2) is 0 Å². The smallest absolute Gasteiger partial charge is 0.220 e. The van der Waals surface area contributed by atoms with E-state index < -0.39 is 0 Å². The molecule has 1 saturated carbocycles. The Morgan fingerprint density at radius 2 is 1.78 bits per heavy atom. The molecule has 0 bridgehead atoms. The first kappa shape index (κ1) is 23.3. The van der Waals surface area contributed by atoms with Crippen molar-refractivity contribution >= 4 is 16.9 Å². The Balaban J connectivity index is 0.000000230. The van der Waals surface area contributed by atoms with E-state index in [4.69, 9.17) is 14.9 Å². The minimum Gasteiger partial charge on any atom is -0.464 e. The van der Waals surface area contributed by atoms with Crippen molar-refractivity contribution in [2.45, 2.75) is 82.7 Å². The maximum Gasteiger partial charge on any atom is 0.220 e. The van der Waals surface area contributed by atoms with Crippen LogP contribution in [0.25, 0.3) is 11.0 Å². The van der Waals surface area contributed by atoms with Crippen molar-refractivity contribution in [3.8, 4) is 0 Å². The Hall–Kier alpha value is -1.85. The van der Waals surface area contributed by atoms with E-state index in [0.717, 1.165) is 30.9 Å². The van der Waals surface area contributed by atoms with Crippen LogP contribution in [0.15, 0.2) is 34.9 Å². The normalized spacial score (nSPS) is 23.2. The number of amides is 1. The molecule has 1 amide bonds. The highest BCUT2D eigenvalue weighted by atomic mass is 16.5. The zero-order valence-electron chi connectivity index (χ0n) is 19.5. The van der Waals surface area contributed by atoms with Crippen LogP contribution in [0.1, 0.15) is 82.1 Å². The molecule has 176 valence electrons. The molecule has 5 rings (SSSR count). The van der Waals surface area contributed by atoms with Gasteiger partial charge in [0.1, 0.15) is 5.58 Å². The maximum atomic E-state index is 10.3.